The minimum Gasteiger partial charge on any atom is -0.321 e. The van der Waals surface area contributed by atoms with E-state index in [0.29, 0.717) is 27.1 Å². The minimum atomic E-state index is -0.457. The first-order valence-electron chi connectivity index (χ1n) is 10.3. The van der Waals surface area contributed by atoms with Gasteiger partial charge in [-0.3, -0.25) is 19.1 Å². The lowest BCUT2D eigenvalue weighted by molar-refractivity contribution is -0.486. The number of carbonyl (C=O) groups excluding carboxylic acids is 2. The number of aromatic nitrogens is 1. The Kier molecular flexibility index (Phi) is 6.62. The lowest BCUT2D eigenvalue weighted by Gasteiger charge is -2.12. The molecule has 3 aromatic rings. The molecule has 168 valence electrons. The molecule has 2 N–H and O–H groups in total. The van der Waals surface area contributed by atoms with Crippen LogP contribution in [-0.2, 0) is 0 Å². The second kappa shape index (κ2) is 9.60. The lowest BCUT2D eigenvalue weighted by atomic mass is 10.1. The number of nitrogens with zero attached hydrogens (tertiary/aromatic N) is 3. The number of anilines is 2. The molecule has 0 aliphatic carbocycles. The molecule has 1 aliphatic heterocycles. The molecule has 1 aliphatic rings. The van der Waals surface area contributed by atoms with Crippen molar-refractivity contribution in [1.82, 2.24) is 9.88 Å². The molecule has 0 saturated heterocycles. The summed E-state index contributed by atoms with van der Waals surface area (Å²) >= 11 is 11.9. The number of nitrogens with one attached hydrogen (secondary N) is 2. The number of benzene rings is 2. The summed E-state index contributed by atoms with van der Waals surface area (Å²) in [6.45, 7) is 1.92. The highest BCUT2D eigenvalue weighted by Crippen LogP contribution is 2.23. The van der Waals surface area contributed by atoms with E-state index in [1.807, 2.05) is 26.2 Å². The maximum atomic E-state index is 12.9. The molecule has 0 radical (unpaired) electrons. The molecule has 7 nitrogen and oxygen atoms in total. The van der Waals surface area contributed by atoms with Crippen LogP contribution in [0.5, 0.6) is 0 Å². The molecule has 0 atom stereocenters. The Morgan fingerprint density at radius 1 is 0.970 bits per heavy atom. The van der Waals surface area contributed by atoms with E-state index < -0.39 is 5.91 Å². The summed E-state index contributed by atoms with van der Waals surface area (Å²) in [7, 11) is 4.10. The summed E-state index contributed by atoms with van der Waals surface area (Å²) in [5.41, 5.74) is 2.07. The van der Waals surface area contributed by atoms with Gasteiger partial charge in [0, 0.05) is 16.8 Å². The van der Waals surface area contributed by atoms with Crippen molar-refractivity contribution in [3.05, 3.63) is 87.5 Å². The van der Waals surface area contributed by atoms with Crippen molar-refractivity contribution in [1.29, 1.82) is 0 Å². The number of carbonyl (C=O) groups is 2. The molecule has 0 spiro atoms. The van der Waals surface area contributed by atoms with Gasteiger partial charge >= 0.3 is 0 Å². The van der Waals surface area contributed by atoms with Crippen LogP contribution in [0.3, 0.4) is 0 Å². The Balaban J connectivity index is 1.53. The first kappa shape index (κ1) is 22.8. The maximum absolute atomic E-state index is 12.9. The molecule has 1 aromatic heterocycles. The Bertz CT molecular complexity index is 1240. The van der Waals surface area contributed by atoms with Gasteiger partial charge in [-0.25, -0.2) is 4.98 Å². The van der Waals surface area contributed by atoms with Gasteiger partial charge in [-0.05, 0) is 54.6 Å². The van der Waals surface area contributed by atoms with Crippen LogP contribution < -0.4 is 10.6 Å². The quantitative estimate of drug-likeness (QED) is 0.533. The second-order valence-electron chi connectivity index (χ2n) is 7.70. The van der Waals surface area contributed by atoms with Gasteiger partial charge in [0.25, 0.3) is 17.6 Å². The van der Waals surface area contributed by atoms with Crippen LogP contribution in [0, 0.1) is 0 Å². The predicted octanol–water partition coefficient (Wildman–Crippen LogP) is 4.23. The third kappa shape index (κ3) is 5.16. The Morgan fingerprint density at radius 3 is 2.33 bits per heavy atom. The van der Waals surface area contributed by atoms with Gasteiger partial charge in [0.15, 0.2) is 0 Å². The average Bonchev–Trinajstić information content (AvgIpc) is 3.14. The van der Waals surface area contributed by atoms with Crippen molar-refractivity contribution in [3.63, 3.8) is 0 Å². The number of likely N-dealkylation sites (N-methyl/N-ethyl adjacent to an activating group) is 2. The van der Waals surface area contributed by atoms with E-state index in [1.165, 1.54) is 12.3 Å². The Hall–Kier alpha value is -3.42. The Morgan fingerprint density at radius 2 is 1.70 bits per heavy atom. The van der Waals surface area contributed by atoms with Crippen molar-refractivity contribution < 1.29 is 14.2 Å². The molecular weight excluding hydrogens is 461 g/mol. The highest BCUT2D eigenvalue weighted by atomic mass is 35.5. The summed E-state index contributed by atoms with van der Waals surface area (Å²) in [6.07, 6.45) is 1.43. The molecule has 33 heavy (non-hydrogen) atoms. The number of hydrogen-bond acceptors (Lipinski definition) is 4. The van der Waals surface area contributed by atoms with Crippen LogP contribution in [-0.4, -0.2) is 59.3 Å². The maximum Gasteiger partial charge on any atom is 0.279 e. The van der Waals surface area contributed by atoms with E-state index in [-0.39, 0.29) is 11.5 Å². The predicted molar refractivity (Wildman–Crippen MR) is 131 cm³/mol. The van der Waals surface area contributed by atoms with Crippen LogP contribution in [0.2, 0.25) is 10.0 Å². The fourth-order valence-electron chi connectivity index (χ4n) is 3.66. The van der Waals surface area contributed by atoms with Crippen LogP contribution in [0.1, 0.15) is 26.3 Å². The van der Waals surface area contributed by atoms with Crippen LogP contribution >= 0.6 is 23.2 Å². The molecule has 4 rings (SSSR count). The van der Waals surface area contributed by atoms with E-state index in [4.69, 9.17) is 23.2 Å². The average molecular weight is 483 g/mol. The standard InChI is InChI=1S/C24H21Cl2N5O2/c1-30-11-12-31(2)24(30)16-5-3-15(4-6-16)22(32)28-20-9-7-17(25)13-19(20)23(33)29-21-10-8-18(26)14-27-21/h3-10,13-14H,11-12H2,1-2H3,(H-,27,28,29,32,33)/p+1. The molecular formula is C24H22Cl2N5O2+. The minimum absolute atomic E-state index is 0.217. The monoisotopic (exact) mass is 482 g/mol. The number of hydrogen-bond donors (Lipinski definition) is 2. The number of amides is 2. The van der Waals surface area contributed by atoms with Crippen LogP contribution in [0.15, 0.2) is 60.8 Å². The SMILES string of the molecule is CN1CC[N+](C)=C1c1ccc(C(=O)Nc2ccc(Cl)cc2C(=O)Nc2ccc(Cl)cn2)cc1. The molecule has 0 saturated carbocycles. The number of halogens is 2. The van der Waals surface area contributed by atoms with Crippen molar-refractivity contribution in [2.24, 2.45) is 0 Å². The summed E-state index contributed by atoms with van der Waals surface area (Å²) in [4.78, 5) is 32.0. The highest BCUT2D eigenvalue weighted by molar-refractivity contribution is 6.31. The fourth-order valence-corrected chi connectivity index (χ4v) is 3.94. The normalized spacial score (nSPS) is 13.3. The molecule has 2 heterocycles. The number of pyridine rings is 1. The van der Waals surface area contributed by atoms with E-state index in [1.54, 1.807) is 36.4 Å². The van der Waals surface area contributed by atoms with E-state index in [2.05, 4.69) is 25.1 Å². The molecule has 2 aromatic carbocycles. The van der Waals surface area contributed by atoms with Crippen LogP contribution in [0.4, 0.5) is 11.5 Å². The lowest BCUT2D eigenvalue weighted by Crippen LogP contribution is -2.25. The van der Waals surface area contributed by atoms with E-state index >= 15 is 0 Å². The van der Waals surface area contributed by atoms with Crippen molar-refractivity contribution >= 4 is 52.4 Å². The van der Waals surface area contributed by atoms with Gasteiger partial charge in [-0.1, -0.05) is 23.2 Å². The summed E-state index contributed by atoms with van der Waals surface area (Å²) in [6, 6.07) is 15.3. The van der Waals surface area contributed by atoms with Crippen LogP contribution in [0.25, 0.3) is 0 Å². The molecule has 2 amide bonds. The third-order valence-electron chi connectivity index (χ3n) is 5.34. The smallest absolute Gasteiger partial charge is 0.279 e. The summed E-state index contributed by atoms with van der Waals surface area (Å²) in [5.74, 6) is 0.661. The van der Waals surface area contributed by atoms with Gasteiger partial charge in [0.1, 0.15) is 18.9 Å². The van der Waals surface area contributed by atoms with E-state index in [9.17, 15) is 9.59 Å². The number of rotatable bonds is 5. The van der Waals surface area contributed by atoms with Gasteiger partial charge in [0.2, 0.25) is 0 Å². The topological polar surface area (TPSA) is 77.3 Å². The summed E-state index contributed by atoms with van der Waals surface area (Å²) in [5, 5.41) is 6.32. The number of amidine groups is 1. The van der Waals surface area contributed by atoms with Crippen molar-refractivity contribution in [2.75, 3.05) is 37.8 Å². The van der Waals surface area contributed by atoms with Gasteiger partial charge in [-0.2, -0.15) is 0 Å². The Labute approximate surface area is 201 Å². The highest BCUT2D eigenvalue weighted by Gasteiger charge is 2.26. The second-order valence-corrected chi connectivity index (χ2v) is 8.58. The largest absolute Gasteiger partial charge is 0.321 e. The van der Waals surface area contributed by atoms with Crippen molar-refractivity contribution in [3.8, 4) is 0 Å². The van der Waals surface area contributed by atoms with Gasteiger partial charge in [-0.15, -0.1) is 0 Å². The zero-order valence-electron chi connectivity index (χ0n) is 18.1. The fraction of sp³-hybridized carbons (Fsp3) is 0.167. The molecule has 0 fully saturated rings. The third-order valence-corrected chi connectivity index (χ3v) is 5.80. The van der Waals surface area contributed by atoms with Gasteiger partial charge in [0.05, 0.1) is 35.9 Å². The molecule has 0 bridgehead atoms. The molecule has 9 heteroatoms. The summed E-state index contributed by atoms with van der Waals surface area (Å²) < 4.78 is 2.18. The van der Waals surface area contributed by atoms with E-state index in [0.717, 1.165) is 24.5 Å². The zero-order chi connectivity index (χ0) is 23.5. The van der Waals surface area contributed by atoms with Crippen molar-refractivity contribution in [2.45, 2.75) is 0 Å². The zero-order valence-corrected chi connectivity index (χ0v) is 19.6. The molecule has 0 unspecified atom stereocenters. The first-order valence-corrected chi connectivity index (χ1v) is 11.0. The first-order chi connectivity index (χ1) is 15.8. The van der Waals surface area contributed by atoms with Gasteiger partial charge < -0.3 is 10.6 Å².